The number of carbonyl (C=O) groups excluding carboxylic acids is 2. The Hall–Kier alpha value is -3.02. The number of amides is 2. The Kier molecular flexibility index (Phi) is 7.78. The maximum Gasteiger partial charge on any atom is 0.228 e. The van der Waals surface area contributed by atoms with Crippen LogP contribution in [0.3, 0.4) is 0 Å². The van der Waals surface area contributed by atoms with Crippen molar-refractivity contribution in [2.24, 2.45) is 11.8 Å². The first kappa shape index (κ1) is 23.6. The van der Waals surface area contributed by atoms with Crippen LogP contribution in [0.1, 0.15) is 37.3 Å². The fourth-order valence-corrected chi connectivity index (χ4v) is 4.40. The lowest BCUT2D eigenvalue weighted by atomic mass is 9.87. The van der Waals surface area contributed by atoms with Crippen molar-refractivity contribution in [3.8, 4) is 11.5 Å². The summed E-state index contributed by atoms with van der Waals surface area (Å²) in [6, 6.07) is 15.6. The van der Waals surface area contributed by atoms with Gasteiger partial charge in [-0.1, -0.05) is 44.2 Å². The number of hydrogen-bond acceptors (Lipinski definition) is 4. The van der Waals surface area contributed by atoms with Crippen molar-refractivity contribution in [1.82, 2.24) is 9.80 Å². The fraction of sp³-hybridized carbons (Fsp3) is 0.462. The van der Waals surface area contributed by atoms with E-state index in [1.165, 1.54) is 0 Å². The first-order valence-corrected chi connectivity index (χ1v) is 11.1. The van der Waals surface area contributed by atoms with Crippen molar-refractivity contribution in [2.45, 2.75) is 32.7 Å². The summed E-state index contributed by atoms with van der Waals surface area (Å²) in [6.45, 7) is 5.50. The van der Waals surface area contributed by atoms with Gasteiger partial charge >= 0.3 is 0 Å². The Bertz CT molecular complexity index is 929. The van der Waals surface area contributed by atoms with Crippen LogP contribution in [0.4, 0.5) is 0 Å². The van der Waals surface area contributed by atoms with Gasteiger partial charge in [0, 0.05) is 44.6 Å². The van der Waals surface area contributed by atoms with Crippen LogP contribution in [-0.2, 0) is 16.1 Å². The van der Waals surface area contributed by atoms with Crippen LogP contribution in [0.15, 0.2) is 48.5 Å². The Morgan fingerprint density at radius 1 is 1.06 bits per heavy atom. The van der Waals surface area contributed by atoms with Gasteiger partial charge in [0.25, 0.3) is 0 Å². The van der Waals surface area contributed by atoms with Gasteiger partial charge in [0.05, 0.1) is 20.1 Å². The molecule has 0 saturated carbocycles. The van der Waals surface area contributed by atoms with Crippen LogP contribution in [-0.4, -0.2) is 56.0 Å². The maximum absolute atomic E-state index is 13.6. The van der Waals surface area contributed by atoms with Crippen molar-refractivity contribution >= 4 is 11.8 Å². The quantitative estimate of drug-likeness (QED) is 0.626. The summed E-state index contributed by atoms with van der Waals surface area (Å²) < 4.78 is 11.0. The fourth-order valence-electron chi connectivity index (χ4n) is 4.40. The second kappa shape index (κ2) is 10.5. The predicted molar refractivity (Wildman–Crippen MR) is 125 cm³/mol. The van der Waals surface area contributed by atoms with Crippen LogP contribution in [0.25, 0.3) is 0 Å². The Morgan fingerprint density at radius 2 is 1.78 bits per heavy atom. The largest absolute Gasteiger partial charge is 0.497 e. The smallest absolute Gasteiger partial charge is 0.228 e. The summed E-state index contributed by atoms with van der Waals surface area (Å²) in [6.07, 6.45) is 0.475. The molecule has 2 aromatic rings. The molecule has 1 heterocycles. The van der Waals surface area contributed by atoms with Crippen LogP contribution in [0.5, 0.6) is 11.5 Å². The van der Waals surface area contributed by atoms with Crippen molar-refractivity contribution in [3.05, 3.63) is 59.7 Å². The minimum Gasteiger partial charge on any atom is -0.497 e. The minimum atomic E-state index is -0.346. The number of methoxy groups -OCH3 is 2. The number of rotatable bonds is 8. The molecule has 1 aliphatic rings. The van der Waals surface area contributed by atoms with Crippen LogP contribution < -0.4 is 9.47 Å². The molecule has 0 bridgehead atoms. The summed E-state index contributed by atoms with van der Waals surface area (Å²) >= 11 is 0. The molecular formula is C26H34N2O4. The van der Waals surface area contributed by atoms with E-state index in [0.29, 0.717) is 37.6 Å². The highest BCUT2D eigenvalue weighted by Crippen LogP contribution is 2.40. The van der Waals surface area contributed by atoms with Crippen molar-refractivity contribution in [3.63, 3.8) is 0 Å². The maximum atomic E-state index is 13.6. The van der Waals surface area contributed by atoms with E-state index in [0.717, 1.165) is 11.1 Å². The summed E-state index contributed by atoms with van der Waals surface area (Å²) in [7, 11) is 5.07. The van der Waals surface area contributed by atoms with E-state index in [1.54, 1.807) is 19.1 Å². The van der Waals surface area contributed by atoms with Gasteiger partial charge in [0.15, 0.2) is 0 Å². The van der Waals surface area contributed by atoms with E-state index in [2.05, 4.69) is 0 Å². The highest BCUT2D eigenvalue weighted by molar-refractivity contribution is 5.83. The third kappa shape index (κ3) is 5.42. The third-order valence-electron chi connectivity index (χ3n) is 6.05. The molecule has 0 spiro atoms. The molecular weight excluding hydrogens is 404 g/mol. The zero-order chi connectivity index (χ0) is 23.3. The number of likely N-dealkylation sites (tertiary alicyclic amines) is 1. The second-order valence-electron chi connectivity index (χ2n) is 8.90. The molecule has 32 heavy (non-hydrogen) atoms. The van der Waals surface area contributed by atoms with Gasteiger partial charge in [-0.25, -0.2) is 0 Å². The molecule has 2 aromatic carbocycles. The minimum absolute atomic E-state index is 0.0311. The van der Waals surface area contributed by atoms with E-state index >= 15 is 0 Å². The standard InChI is InChI=1S/C26H34N2O4/c1-18(2)13-25(29)28-16-22(21-14-20(31-4)11-12-24(21)32-5)23(17-28)26(30)27(3)15-19-9-7-6-8-10-19/h6-12,14,18,22-23H,13,15-17H2,1-5H3/t22-,23+/m1/s1. The van der Waals surface area contributed by atoms with Gasteiger partial charge in [-0.2, -0.15) is 0 Å². The molecule has 172 valence electrons. The summed E-state index contributed by atoms with van der Waals surface area (Å²) in [5.41, 5.74) is 1.97. The topological polar surface area (TPSA) is 59.1 Å². The average molecular weight is 439 g/mol. The molecule has 6 heteroatoms. The molecule has 0 unspecified atom stereocenters. The van der Waals surface area contributed by atoms with E-state index in [-0.39, 0.29) is 29.6 Å². The Morgan fingerprint density at radius 3 is 2.41 bits per heavy atom. The molecule has 1 aliphatic heterocycles. The normalized spacial score (nSPS) is 18.0. The lowest BCUT2D eigenvalue weighted by Gasteiger charge is -2.25. The van der Waals surface area contributed by atoms with Crippen LogP contribution in [0.2, 0.25) is 0 Å². The lowest BCUT2D eigenvalue weighted by Crippen LogP contribution is -2.36. The monoisotopic (exact) mass is 438 g/mol. The van der Waals surface area contributed by atoms with Gasteiger partial charge < -0.3 is 19.3 Å². The lowest BCUT2D eigenvalue weighted by molar-refractivity contribution is -0.135. The molecule has 2 amide bonds. The molecule has 1 saturated heterocycles. The van der Waals surface area contributed by atoms with Crippen molar-refractivity contribution in [2.75, 3.05) is 34.4 Å². The molecule has 0 aliphatic carbocycles. The third-order valence-corrected chi connectivity index (χ3v) is 6.05. The van der Waals surface area contributed by atoms with Crippen molar-refractivity contribution < 1.29 is 19.1 Å². The molecule has 6 nitrogen and oxygen atoms in total. The number of benzene rings is 2. The zero-order valence-corrected chi connectivity index (χ0v) is 19.7. The predicted octanol–water partition coefficient (Wildman–Crippen LogP) is 3.95. The highest BCUT2D eigenvalue weighted by atomic mass is 16.5. The zero-order valence-electron chi connectivity index (χ0n) is 19.7. The number of hydrogen-bond donors (Lipinski definition) is 0. The molecule has 1 fully saturated rings. The van der Waals surface area contributed by atoms with Gasteiger partial charge in [-0.3, -0.25) is 9.59 Å². The number of carbonyl (C=O) groups is 2. The summed E-state index contributed by atoms with van der Waals surface area (Å²) in [5, 5.41) is 0. The SMILES string of the molecule is COc1ccc(OC)c([C@H]2CN(C(=O)CC(C)C)C[C@@H]2C(=O)N(C)Cc2ccccc2)c1. The van der Waals surface area contributed by atoms with Crippen LogP contribution >= 0.6 is 0 Å². The molecule has 3 rings (SSSR count). The van der Waals surface area contributed by atoms with Crippen LogP contribution in [0, 0.1) is 11.8 Å². The highest BCUT2D eigenvalue weighted by Gasteiger charge is 2.42. The van der Waals surface area contributed by atoms with Gasteiger partial charge in [-0.15, -0.1) is 0 Å². The summed E-state index contributed by atoms with van der Waals surface area (Å²) in [4.78, 5) is 30.1. The van der Waals surface area contributed by atoms with E-state index in [9.17, 15) is 9.59 Å². The van der Waals surface area contributed by atoms with E-state index in [4.69, 9.17) is 9.47 Å². The van der Waals surface area contributed by atoms with Gasteiger partial charge in [0.1, 0.15) is 11.5 Å². The second-order valence-corrected chi connectivity index (χ2v) is 8.90. The van der Waals surface area contributed by atoms with Gasteiger partial charge in [-0.05, 0) is 29.7 Å². The molecule has 2 atom stereocenters. The summed E-state index contributed by atoms with van der Waals surface area (Å²) in [5.74, 6) is 1.29. The van der Waals surface area contributed by atoms with E-state index in [1.807, 2.05) is 74.3 Å². The van der Waals surface area contributed by atoms with E-state index < -0.39 is 0 Å². The molecule has 0 aromatic heterocycles. The molecule has 0 N–H and O–H groups in total. The first-order chi connectivity index (χ1) is 15.3. The first-order valence-electron chi connectivity index (χ1n) is 11.1. The Labute approximate surface area is 191 Å². The average Bonchev–Trinajstić information content (AvgIpc) is 3.23. The van der Waals surface area contributed by atoms with Gasteiger partial charge in [0.2, 0.25) is 11.8 Å². The molecule has 0 radical (unpaired) electrons. The van der Waals surface area contributed by atoms with Crippen molar-refractivity contribution in [1.29, 1.82) is 0 Å². The number of ether oxygens (including phenoxy) is 2. The Balaban J connectivity index is 1.91. The number of nitrogens with zero attached hydrogens (tertiary/aromatic N) is 2.